The van der Waals surface area contributed by atoms with Crippen LogP contribution in [0.4, 0.5) is 0 Å². The van der Waals surface area contributed by atoms with E-state index in [9.17, 15) is 4.79 Å². The van der Waals surface area contributed by atoms with Crippen molar-refractivity contribution < 1.29 is 4.79 Å². The summed E-state index contributed by atoms with van der Waals surface area (Å²) < 4.78 is 0. The summed E-state index contributed by atoms with van der Waals surface area (Å²) in [4.78, 5) is 12.4. The SMILES string of the molecule is CCCCC(C)NC(=O)C1(CN)CCC(C)CC1. The summed E-state index contributed by atoms with van der Waals surface area (Å²) in [6, 6.07) is 0.278. The number of carbonyl (C=O) groups excluding carboxylic acids is 1. The maximum absolute atomic E-state index is 12.4. The zero-order valence-electron chi connectivity index (χ0n) is 12.3. The zero-order valence-corrected chi connectivity index (χ0v) is 12.3. The fraction of sp³-hybridized carbons (Fsp3) is 0.933. The highest BCUT2D eigenvalue weighted by Crippen LogP contribution is 2.38. The molecule has 1 amide bonds. The fourth-order valence-corrected chi connectivity index (χ4v) is 2.80. The molecule has 1 unspecified atom stereocenters. The van der Waals surface area contributed by atoms with Crippen molar-refractivity contribution in [2.45, 2.75) is 71.8 Å². The van der Waals surface area contributed by atoms with E-state index in [1.165, 1.54) is 12.8 Å². The summed E-state index contributed by atoms with van der Waals surface area (Å²) in [6.07, 6.45) is 7.60. The topological polar surface area (TPSA) is 55.1 Å². The fourth-order valence-electron chi connectivity index (χ4n) is 2.80. The molecule has 3 nitrogen and oxygen atoms in total. The number of nitrogens with one attached hydrogen (secondary N) is 1. The minimum absolute atomic E-state index is 0.195. The smallest absolute Gasteiger partial charge is 0.227 e. The van der Waals surface area contributed by atoms with Gasteiger partial charge in [-0.05, 0) is 44.9 Å². The molecule has 0 bridgehead atoms. The van der Waals surface area contributed by atoms with E-state index in [1.807, 2.05) is 0 Å². The van der Waals surface area contributed by atoms with Gasteiger partial charge in [0.15, 0.2) is 0 Å². The number of unbranched alkanes of at least 4 members (excludes halogenated alkanes) is 1. The van der Waals surface area contributed by atoms with Gasteiger partial charge >= 0.3 is 0 Å². The van der Waals surface area contributed by atoms with Gasteiger partial charge in [-0.3, -0.25) is 4.79 Å². The largest absolute Gasteiger partial charge is 0.353 e. The van der Waals surface area contributed by atoms with Gasteiger partial charge in [0.25, 0.3) is 0 Å². The lowest BCUT2D eigenvalue weighted by Gasteiger charge is -2.37. The van der Waals surface area contributed by atoms with Crippen LogP contribution < -0.4 is 11.1 Å². The molecule has 1 rings (SSSR count). The monoisotopic (exact) mass is 254 g/mol. The van der Waals surface area contributed by atoms with E-state index in [4.69, 9.17) is 5.73 Å². The third-order valence-corrected chi connectivity index (χ3v) is 4.47. The second-order valence-electron chi connectivity index (χ2n) is 6.18. The van der Waals surface area contributed by atoms with E-state index in [-0.39, 0.29) is 17.4 Å². The van der Waals surface area contributed by atoms with E-state index < -0.39 is 0 Å². The molecule has 0 radical (unpaired) electrons. The van der Waals surface area contributed by atoms with Crippen LogP contribution in [0, 0.1) is 11.3 Å². The van der Waals surface area contributed by atoms with Crippen molar-refractivity contribution in [1.82, 2.24) is 5.32 Å². The van der Waals surface area contributed by atoms with Crippen molar-refractivity contribution in [2.75, 3.05) is 6.54 Å². The number of hydrogen-bond donors (Lipinski definition) is 2. The molecule has 0 spiro atoms. The second kappa shape index (κ2) is 7.13. The van der Waals surface area contributed by atoms with Gasteiger partial charge in [0.1, 0.15) is 0 Å². The number of nitrogens with two attached hydrogens (primary N) is 1. The minimum atomic E-state index is -0.285. The van der Waals surface area contributed by atoms with Crippen LogP contribution in [0.5, 0.6) is 0 Å². The van der Waals surface area contributed by atoms with Gasteiger partial charge in [-0.15, -0.1) is 0 Å². The van der Waals surface area contributed by atoms with Gasteiger partial charge in [0.05, 0.1) is 5.41 Å². The zero-order chi connectivity index (χ0) is 13.6. The quantitative estimate of drug-likeness (QED) is 0.766. The normalized spacial score (nSPS) is 29.9. The van der Waals surface area contributed by atoms with Crippen molar-refractivity contribution in [3.05, 3.63) is 0 Å². The lowest BCUT2D eigenvalue weighted by Crippen LogP contribution is -2.50. The van der Waals surface area contributed by atoms with E-state index in [2.05, 4.69) is 26.1 Å². The summed E-state index contributed by atoms with van der Waals surface area (Å²) >= 11 is 0. The molecular weight excluding hydrogens is 224 g/mol. The number of rotatable bonds is 6. The first-order valence-electron chi connectivity index (χ1n) is 7.55. The van der Waals surface area contributed by atoms with Crippen LogP contribution in [0.25, 0.3) is 0 Å². The first-order valence-corrected chi connectivity index (χ1v) is 7.55. The first-order chi connectivity index (χ1) is 8.54. The minimum Gasteiger partial charge on any atom is -0.353 e. The molecule has 1 aliphatic rings. The van der Waals surface area contributed by atoms with Gasteiger partial charge in [-0.2, -0.15) is 0 Å². The van der Waals surface area contributed by atoms with Crippen molar-refractivity contribution in [1.29, 1.82) is 0 Å². The van der Waals surface area contributed by atoms with Crippen molar-refractivity contribution in [3.8, 4) is 0 Å². The predicted octanol–water partition coefficient (Wildman–Crippen LogP) is 2.84. The Morgan fingerprint density at radius 3 is 2.56 bits per heavy atom. The molecule has 106 valence electrons. The molecule has 1 fully saturated rings. The summed E-state index contributed by atoms with van der Waals surface area (Å²) in [7, 11) is 0. The van der Waals surface area contributed by atoms with Crippen LogP contribution in [-0.4, -0.2) is 18.5 Å². The molecule has 0 aromatic heterocycles. The molecule has 1 atom stereocenters. The van der Waals surface area contributed by atoms with E-state index >= 15 is 0 Å². The van der Waals surface area contributed by atoms with Gasteiger partial charge in [0, 0.05) is 12.6 Å². The Morgan fingerprint density at radius 1 is 1.44 bits per heavy atom. The lowest BCUT2D eigenvalue weighted by molar-refractivity contribution is -0.133. The predicted molar refractivity (Wildman–Crippen MR) is 76.2 cm³/mol. The molecule has 3 heteroatoms. The average molecular weight is 254 g/mol. The van der Waals surface area contributed by atoms with Gasteiger partial charge in [-0.1, -0.05) is 26.7 Å². The highest BCUT2D eigenvalue weighted by molar-refractivity contribution is 5.83. The summed E-state index contributed by atoms with van der Waals surface area (Å²) in [5, 5.41) is 3.17. The van der Waals surface area contributed by atoms with Crippen LogP contribution >= 0.6 is 0 Å². The molecule has 0 aromatic rings. The van der Waals surface area contributed by atoms with Crippen LogP contribution in [0.2, 0.25) is 0 Å². The average Bonchev–Trinajstić information content (AvgIpc) is 2.37. The van der Waals surface area contributed by atoms with Crippen LogP contribution in [0.3, 0.4) is 0 Å². The molecule has 0 heterocycles. The van der Waals surface area contributed by atoms with Crippen molar-refractivity contribution >= 4 is 5.91 Å². The Hall–Kier alpha value is -0.570. The van der Waals surface area contributed by atoms with Crippen molar-refractivity contribution in [3.63, 3.8) is 0 Å². The van der Waals surface area contributed by atoms with Gasteiger partial charge < -0.3 is 11.1 Å². The highest BCUT2D eigenvalue weighted by Gasteiger charge is 2.39. The number of amides is 1. The maximum atomic E-state index is 12.4. The standard InChI is InChI=1S/C15H30N2O/c1-4-5-6-13(3)17-14(18)15(11-16)9-7-12(2)8-10-15/h12-13H,4-11,16H2,1-3H3,(H,17,18). The molecule has 0 aromatic carbocycles. The highest BCUT2D eigenvalue weighted by atomic mass is 16.2. The molecular formula is C15H30N2O. The molecule has 1 aliphatic carbocycles. The van der Waals surface area contributed by atoms with Crippen LogP contribution in [0.15, 0.2) is 0 Å². The van der Waals surface area contributed by atoms with E-state index in [1.54, 1.807) is 0 Å². The molecule has 1 saturated carbocycles. The third-order valence-electron chi connectivity index (χ3n) is 4.47. The summed E-state index contributed by atoms with van der Waals surface area (Å²) in [5.41, 5.74) is 5.61. The molecule has 0 saturated heterocycles. The van der Waals surface area contributed by atoms with Crippen LogP contribution in [-0.2, 0) is 4.79 Å². The molecule has 18 heavy (non-hydrogen) atoms. The lowest BCUT2D eigenvalue weighted by atomic mass is 9.70. The second-order valence-corrected chi connectivity index (χ2v) is 6.18. The number of hydrogen-bond acceptors (Lipinski definition) is 2. The van der Waals surface area contributed by atoms with E-state index in [0.29, 0.717) is 6.54 Å². The maximum Gasteiger partial charge on any atom is 0.227 e. The van der Waals surface area contributed by atoms with Crippen molar-refractivity contribution in [2.24, 2.45) is 17.1 Å². The Bertz CT molecular complexity index is 257. The Labute approximate surface area is 112 Å². The summed E-state index contributed by atoms with van der Waals surface area (Å²) in [5.74, 6) is 0.940. The first kappa shape index (κ1) is 15.5. The Balaban J connectivity index is 2.51. The third kappa shape index (κ3) is 3.98. The number of carbonyl (C=O) groups is 1. The van der Waals surface area contributed by atoms with Crippen LogP contribution in [0.1, 0.15) is 65.7 Å². The Morgan fingerprint density at radius 2 is 2.06 bits per heavy atom. The van der Waals surface area contributed by atoms with E-state index in [0.717, 1.165) is 38.0 Å². The Kier molecular flexibility index (Phi) is 6.13. The molecule has 3 N–H and O–H groups in total. The van der Waals surface area contributed by atoms with Gasteiger partial charge in [-0.25, -0.2) is 0 Å². The summed E-state index contributed by atoms with van der Waals surface area (Å²) in [6.45, 7) is 7.04. The molecule has 0 aliphatic heterocycles. The van der Waals surface area contributed by atoms with Gasteiger partial charge in [0.2, 0.25) is 5.91 Å².